The Hall–Kier alpha value is -3.13. The largest absolute Gasteiger partial charge is 0.504 e. The molecular formula is C28H36N2O5S. The van der Waals surface area contributed by atoms with Crippen molar-refractivity contribution in [3.63, 3.8) is 0 Å². The van der Waals surface area contributed by atoms with Crippen LogP contribution in [0.25, 0.3) is 0 Å². The summed E-state index contributed by atoms with van der Waals surface area (Å²) in [6.07, 6.45) is 10.4. The number of Topliss-reactive ketones (excluding diaryl/α,β-unsaturated/α-hetero) is 2. The topological polar surface area (TPSA) is 125 Å². The van der Waals surface area contributed by atoms with Crippen molar-refractivity contribution in [2.75, 3.05) is 7.11 Å². The van der Waals surface area contributed by atoms with Crippen LogP contribution in [0.4, 0.5) is 0 Å². The summed E-state index contributed by atoms with van der Waals surface area (Å²) in [5.74, 6) is -2.24. The van der Waals surface area contributed by atoms with E-state index in [1.807, 2.05) is 0 Å². The maximum Gasteiger partial charge on any atom is 0.228 e. The van der Waals surface area contributed by atoms with Crippen LogP contribution in [0.2, 0.25) is 0 Å². The second kappa shape index (κ2) is 12.7. The molecule has 1 unspecified atom stereocenters. The van der Waals surface area contributed by atoms with Crippen LogP contribution < -0.4 is 16.2 Å². The third kappa shape index (κ3) is 5.98. The Morgan fingerprint density at radius 3 is 2.14 bits per heavy atom. The standard InChI is InChI=1S/C28H36N2O5S/c1-3-4-5-6-7-8-9-10-11-12-19-23(31)25(33)21-20(17-13-15-18(34-2)16-14-17)22(28(30)36)27(29)35-26(21)24(19)32/h13-16,20,31H,3-12,29H2,1-2H3,(H2,30,36). The number of benzene rings is 1. The summed E-state index contributed by atoms with van der Waals surface area (Å²) in [7, 11) is 1.55. The highest BCUT2D eigenvalue weighted by molar-refractivity contribution is 7.80. The van der Waals surface area contributed by atoms with E-state index < -0.39 is 23.2 Å². The number of aliphatic hydroxyl groups is 1. The quantitative estimate of drug-likeness (QED) is 0.182. The molecule has 1 aromatic carbocycles. The molecule has 0 saturated heterocycles. The first kappa shape index (κ1) is 27.5. The zero-order valence-electron chi connectivity index (χ0n) is 21.1. The van der Waals surface area contributed by atoms with Gasteiger partial charge < -0.3 is 26.0 Å². The number of thiocarbonyl (C=S) groups is 1. The Labute approximate surface area is 218 Å². The van der Waals surface area contributed by atoms with Gasteiger partial charge in [0.05, 0.1) is 24.2 Å². The van der Waals surface area contributed by atoms with Gasteiger partial charge in [-0.15, -0.1) is 0 Å². The highest BCUT2D eigenvalue weighted by Gasteiger charge is 2.45. The first-order valence-corrected chi connectivity index (χ1v) is 13.1. The lowest BCUT2D eigenvalue weighted by Gasteiger charge is -2.32. The highest BCUT2D eigenvalue weighted by atomic mass is 32.1. The summed E-state index contributed by atoms with van der Waals surface area (Å²) in [6.45, 7) is 2.20. The number of nitrogens with two attached hydrogens (primary N) is 2. The lowest BCUT2D eigenvalue weighted by molar-refractivity contribution is -0.120. The maximum atomic E-state index is 13.4. The van der Waals surface area contributed by atoms with E-state index in [9.17, 15) is 14.7 Å². The molecule has 1 atom stereocenters. The highest BCUT2D eigenvalue weighted by Crippen LogP contribution is 2.44. The molecule has 7 nitrogen and oxygen atoms in total. The number of unbranched alkanes of at least 4 members (excludes halogenated alkanes) is 8. The average molecular weight is 513 g/mol. The van der Waals surface area contributed by atoms with E-state index >= 15 is 0 Å². The Balaban J connectivity index is 1.78. The van der Waals surface area contributed by atoms with Crippen LogP contribution in [0.3, 0.4) is 0 Å². The summed E-state index contributed by atoms with van der Waals surface area (Å²) < 4.78 is 10.9. The SMILES string of the molecule is CCCCCCCCCCCC1=C(O)C(=O)C2=C(OC(N)=C(C(N)=S)C2c2ccc(OC)cc2)C1=O. The summed E-state index contributed by atoms with van der Waals surface area (Å²) in [5, 5.41) is 10.8. The molecule has 0 fully saturated rings. The van der Waals surface area contributed by atoms with Crippen molar-refractivity contribution in [1.29, 1.82) is 0 Å². The van der Waals surface area contributed by atoms with Gasteiger partial charge in [0, 0.05) is 5.57 Å². The van der Waals surface area contributed by atoms with Crippen molar-refractivity contribution < 1.29 is 24.2 Å². The second-order valence-electron chi connectivity index (χ2n) is 9.26. The number of rotatable bonds is 13. The normalized spacial score (nSPS) is 17.9. The van der Waals surface area contributed by atoms with Gasteiger partial charge in [0.1, 0.15) is 10.7 Å². The van der Waals surface area contributed by atoms with Gasteiger partial charge in [0.25, 0.3) is 0 Å². The Morgan fingerprint density at radius 1 is 1.00 bits per heavy atom. The number of ether oxygens (including phenoxy) is 2. The molecule has 194 valence electrons. The van der Waals surface area contributed by atoms with E-state index in [1.54, 1.807) is 31.4 Å². The number of hydrogen-bond acceptors (Lipinski definition) is 7. The lowest BCUT2D eigenvalue weighted by Crippen LogP contribution is -2.36. The van der Waals surface area contributed by atoms with Crippen LogP contribution in [0.15, 0.2) is 58.4 Å². The zero-order valence-corrected chi connectivity index (χ0v) is 21.9. The minimum atomic E-state index is -0.843. The number of aliphatic hydroxyl groups excluding tert-OH is 1. The first-order valence-electron chi connectivity index (χ1n) is 12.7. The molecule has 0 aromatic heterocycles. The van der Waals surface area contributed by atoms with Gasteiger partial charge in [0.15, 0.2) is 17.4 Å². The van der Waals surface area contributed by atoms with Crippen molar-refractivity contribution in [2.45, 2.75) is 77.0 Å². The molecule has 0 amide bonds. The van der Waals surface area contributed by atoms with E-state index in [1.165, 1.54) is 32.1 Å². The van der Waals surface area contributed by atoms with E-state index in [-0.39, 0.29) is 33.4 Å². The van der Waals surface area contributed by atoms with Crippen LogP contribution in [0, 0.1) is 0 Å². The van der Waals surface area contributed by atoms with E-state index in [0.29, 0.717) is 24.2 Å². The number of allylic oxidation sites excluding steroid dienone is 2. The van der Waals surface area contributed by atoms with Crippen LogP contribution >= 0.6 is 12.2 Å². The fourth-order valence-electron chi connectivity index (χ4n) is 4.79. The molecule has 1 aromatic rings. The molecule has 0 bridgehead atoms. The molecule has 8 heteroatoms. The molecule has 1 aliphatic carbocycles. The minimum absolute atomic E-state index is 0.00417. The number of ketones is 2. The van der Waals surface area contributed by atoms with Crippen molar-refractivity contribution >= 4 is 28.8 Å². The van der Waals surface area contributed by atoms with Gasteiger partial charge >= 0.3 is 0 Å². The van der Waals surface area contributed by atoms with E-state index in [0.717, 1.165) is 19.3 Å². The number of carbonyl (C=O) groups is 2. The van der Waals surface area contributed by atoms with Crippen molar-refractivity contribution in [3.8, 4) is 5.75 Å². The molecule has 1 heterocycles. The van der Waals surface area contributed by atoms with Gasteiger partial charge in [-0.2, -0.15) is 0 Å². The van der Waals surface area contributed by atoms with Crippen LogP contribution in [0.1, 0.15) is 82.6 Å². The third-order valence-electron chi connectivity index (χ3n) is 6.77. The van der Waals surface area contributed by atoms with Crippen LogP contribution in [0.5, 0.6) is 5.75 Å². The molecule has 5 N–H and O–H groups in total. The van der Waals surface area contributed by atoms with E-state index in [4.69, 9.17) is 33.2 Å². The number of methoxy groups -OCH3 is 1. The number of hydrogen-bond donors (Lipinski definition) is 3. The van der Waals surface area contributed by atoms with Crippen molar-refractivity contribution in [2.24, 2.45) is 11.5 Å². The van der Waals surface area contributed by atoms with Gasteiger partial charge in [0.2, 0.25) is 11.6 Å². The van der Waals surface area contributed by atoms with Gasteiger partial charge in [-0.25, -0.2) is 0 Å². The zero-order chi connectivity index (χ0) is 26.2. The summed E-state index contributed by atoms with van der Waals surface area (Å²) in [6, 6.07) is 6.92. The molecule has 1 aliphatic heterocycles. The summed E-state index contributed by atoms with van der Waals surface area (Å²) in [5.41, 5.74) is 13.0. The maximum absolute atomic E-state index is 13.4. The molecule has 36 heavy (non-hydrogen) atoms. The predicted octanol–water partition coefficient (Wildman–Crippen LogP) is 5.40. The molecule has 0 radical (unpaired) electrons. The summed E-state index contributed by atoms with van der Waals surface area (Å²) in [4.78, 5) is 26.7. The van der Waals surface area contributed by atoms with Gasteiger partial charge in [-0.05, 0) is 30.5 Å². The average Bonchev–Trinajstić information content (AvgIpc) is 2.87. The lowest BCUT2D eigenvalue weighted by atomic mass is 9.76. The molecule has 3 rings (SSSR count). The Kier molecular flexibility index (Phi) is 9.70. The summed E-state index contributed by atoms with van der Waals surface area (Å²) >= 11 is 5.20. The Morgan fingerprint density at radius 2 is 1.58 bits per heavy atom. The molecule has 0 saturated carbocycles. The van der Waals surface area contributed by atoms with Crippen LogP contribution in [-0.2, 0) is 14.3 Å². The van der Waals surface area contributed by atoms with Crippen molar-refractivity contribution in [3.05, 3.63) is 63.9 Å². The van der Waals surface area contributed by atoms with Crippen molar-refractivity contribution in [1.82, 2.24) is 0 Å². The van der Waals surface area contributed by atoms with Gasteiger partial charge in [-0.3, -0.25) is 9.59 Å². The fraction of sp³-hybridized carbons (Fsp3) is 0.464. The van der Waals surface area contributed by atoms with E-state index in [2.05, 4.69) is 6.92 Å². The molecular weight excluding hydrogens is 476 g/mol. The predicted molar refractivity (Wildman–Crippen MR) is 143 cm³/mol. The first-order chi connectivity index (χ1) is 17.3. The second-order valence-corrected chi connectivity index (χ2v) is 9.70. The monoisotopic (exact) mass is 512 g/mol. The molecule has 0 spiro atoms. The van der Waals surface area contributed by atoms with Gasteiger partial charge in [-0.1, -0.05) is 82.6 Å². The fourth-order valence-corrected chi connectivity index (χ4v) is 5.01. The minimum Gasteiger partial charge on any atom is -0.504 e. The molecule has 2 aliphatic rings. The smallest absolute Gasteiger partial charge is 0.228 e. The third-order valence-corrected chi connectivity index (χ3v) is 6.99. The number of carbonyl (C=O) groups excluding carboxylic acids is 2. The Bertz CT molecular complexity index is 1100. The van der Waals surface area contributed by atoms with Crippen LogP contribution in [-0.4, -0.2) is 28.8 Å².